The van der Waals surface area contributed by atoms with Crippen molar-refractivity contribution in [2.75, 3.05) is 0 Å². The van der Waals surface area contributed by atoms with E-state index < -0.39 is 6.04 Å². The molecule has 8 aromatic carbocycles. The van der Waals surface area contributed by atoms with E-state index in [4.69, 9.17) is 11.3 Å². The van der Waals surface area contributed by atoms with Gasteiger partial charge in [0, 0.05) is 16.3 Å². The highest BCUT2D eigenvalue weighted by Gasteiger charge is 2.20. The first-order valence-corrected chi connectivity index (χ1v) is 15.0. The van der Waals surface area contributed by atoms with Crippen molar-refractivity contribution in [1.29, 1.82) is 0 Å². The molecule has 0 atom stereocenters. The number of rotatable bonds is 4. The quantitative estimate of drug-likeness (QED) is 0.190. The summed E-state index contributed by atoms with van der Waals surface area (Å²) in [6.45, 7) is 0. The highest BCUT2D eigenvalue weighted by atomic mass is 16.3. The van der Waals surface area contributed by atoms with Crippen molar-refractivity contribution in [3.8, 4) is 44.5 Å². The van der Waals surface area contributed by atoms with Gasteiger partial charge in [0.15, 0.2) is 0 Å². The molecular formula is C44H28O. The van der Waals surface area contributed by atoms with E-state index in [9.17, 15) is 0 Å². The Morgan fingerprint density at radius 2 is 0.956 bits per heavy atom. The molecule has 0 saturated carbocycles. The predicted molar refractivity (Wildman–Crippen MR) is 190 cm³/mol. The first-order chi connectivity index (χ1) is 24.4. The van der Waals surface area contributed by atoms with Crippen molar-refractivity contribution in [3.63, 3.8) is 0 Å². The molecule has 0 aliphatic heterocycles. The van der Waals surface area contributed by atoms with Crippen LogP contribution in [0.1, 0.15) is 6.85 Å². The summed E-state index contributed by atoms with van der Waals surface area (Å²) >= 11 is 0. The van der Waals surface area contributed by atoms with Gasteiger partial charge >= 0.3 is 0 Å². The minimum atomic E-state index is -0.417. The number of benzene rings is 8. The highest BCUT2D eigenvalue weighted by molar-refractivity contribution is 6.23. The van der Waals surface area contributed by atoms with Gasteiger partial charge in [-0.15, -0.1) is 0 Å². The topological polar surface area (TPSA) is 13.1 Å². The van der Waals surface area contributed by atoms with Crippen molar-refractivity contribution in [2.24, 2.45) is 0 Å². The minimum absolute atomic E-state index is 0.129. The molecule has 0 bridgehead atoms. The summed E-state index contributed by atoms with van der Waals surface area (Å²) in [5, 5.41) is 6.29. The average Bonchev–Trinajstić information content (AvgIpc) is 3.54. The minimum Gasteiger partial charge on any atom is -0.455 e. The van der Waals surface area contributed by atoms with Gasteiger partial charge < -0.3 is 4.42 Å². The number of hydrogen-bond donors (Lipinski definition) is 0. The fourth-order valence-electron chi connectivity index (χ4n) is 6.84. The second-order valence-corrected chi connectivity index (χ2v) is 11.2. The van der Waals surface area contributed by atoms with Crippen molar-refractivity contribution in [3.05, 3.63) is 170 Å². The fraction of sp³-hybridized carbons (Fsp3) is 0. The van der Waals surface area contributed by atoms with Crippen LogP contribution in [-0.4, -0.2) is 0 Å². The van der Waals surface area contributed by atoms with Gasteiger partial charge in [-0.05, 0) is 72.6 Å². The van der Waals surface area contributed by atoms with Gasteiger partial charge in [0.25, 0.3) is 0 Å². The van der Waals surface area contributed by atoms with Crippen molar-refractivity contribution < 1.29 is 11.3 Å². The van der Waals surface area contributed by atoms with Crippen molar-refractivity contribution in [1.82, 2.24) is 0 Å². The lowest BCUT2D eigenvalue weighted by atomic mass is 9.83. The number of fused-ring (bicyclic) bond motifs is 5. The standard InChI is InChI=1S/C44H28O/c1-3-14-29(15-4-1)32-18-7-8-19-34(32)43-37-22-11-9-20-35(37)42(36-21-10-12-23-38(36)43)31-26-27-41-40(28-31)39-25-13-24-33(44(39)45-41)30-16-5-2-6-17-30/h1-28H/i2D,5D,6D,16D,17D. The van der Waals surface area contributed by atoms with Gasteiger partial charge in [0.05, 0.1) is 6.85 Å². The maximum Gasteiger partial charge on any atom is 0.143 e. The smallest absolute Gasteiger partial charge is 0.143 e. The lowest BCUT2D eigenvalue weighted by Crippen LogP contribution is -1.92. The molecular weight excluding hydrogens is 544 g/mol. The summed E-state index contributed by atoms with van der Waals surface area (Å²) in [4.78, 5) is 0. The summed E-state index contributed by atoms with van der Waals surface area (Å²) in [5.74, 6) is 0. The predicted octanol–water partition coefficient (Wildman–Crippen LogP) is 12.6. The van der Waals surface area contributed by atoms with E-state index in [1.54, 1.807) is 6.07 Å². The number of hydrogen-bond acceptors (Lipinski definition) is 1. The Bertz CT molecular complexity index is 2730. The van der Waals surface area contributed by atoms with E-state index in [2.05, 4.69) is 109 Å². The molecule has 1 aromatic heterocycles. The molecule has 9 aromatic rings. The van der Waals surface area contributed by atoms with Crippen LogP contribution in [0.25, 0.3) is 88.0 Å². The van der Waals surface area contributed by atoms with Gasteiger partial charge in [-0.2, -0.15) is 0 Å². The van der Waals surface area contributed by atoms with Gasteiger partial charge in [0.2, 0.25) is 0 Å². The third-order valence-electron chi connectivity index (χ3n) is 8.77. The van der Waals surface area contributed by atoms with Crippen molar-refractivity contribution in [2.45, 2.75) is 0 Å². The Hall–Kier alpha value is -5.92. The molecule has 0 aliphatic carbocycles. The first-order valence-electron chi connectivity index (χ1n) is 17.5. The third kappa shape index (κ3) is 4.09. The molecule has 0 unspecified atom stereocenters. The Labute approximate surface area is 268 Å². The summed E-state index contributed by atoms with van der Waals surface area (Å²) in [6.07, 6.45) is 0. The Morgan fingerprint density at radius 3 is 1.67 bits per heavy atom. The van der Waals surface area contributed by atoms with E-state index in [1.807, 2.05) is 24.3 Å². The zero-order valence-electron chi connectivity index (χ0n) is 29.2. The molecule has 210 valence electrons. The zero-order valence-corrected chi connectivity index (χ0v) is 24.2. The average molecular weight is 578 g/mol. The van der Waals surface area contributed by atoms with Crippen LogP contribution in [0.15, 0.2) is 174 Å². The molecule has 1 heteroatoms. The second kappa shape index (κ2) is 10.4. The van der Waals surface area contributed by atoms with Crippen LogP contribution in [0.4, 0.5) is 0 Å². The van der Waals surface area contributed by atoms with Gasteiger partial charge in [-0.3, -0.25) is 0 Å². The number of furan rings is 1. The van der Waals surface area contributed by atoms with E-state index in [0.717, 1.165) is 43.4 Å². The number of para-hydroxylation sites is 1. The van der Waals surface area contributed by atoms with E-state index in [1.165, 1.54) is 22.3 Å². The Kier molecular flexibility index (Phi) is 4.81. The second-order valence-electron chi connectivity index (χ2n) is 11.2. The van der Waals surface area contributed by atoms with Crippen LogP contribution >= 0.6 is 0 Å². The fourth-order valence-corrected chi connectivity index (χ4v) is 6.84. The van der Waals surface area contributed by atoms with Crippen LogP contribution in [0.5, 0.6) is 0 Å². The summed E-state index contributed by atoms with van der Waals surface area (Å²) in [6, 6.07) is 46.4. The van der Waals surface area contributed by atoms with Gasteiger partial charge in [-0.1, -0.05) is 158 Å². The molecule has 0 N–H and O–H groups in total. The summed E-state index contributed by atoms with van der Waals surface area (Å²) in [7, 11) is 0. The SMILES string of the molecule is [2H]c1c([2H])c([2H])c(-c2cccc3c2oc2ccc(-c4c5ccccc5c(-c5ccccc5-c5ccccc5)c5ccccc45)cc23)c([2H])c1[2H]. The zero-order chi connectivity index (χ0) is 34.1. The maximum atomic E-state index is 8.61. The van der Waals surface area contributed by atoms with E-state index in [0.29, 0.717) is 16.7 Å². The summed E-state index contributed by atoms with van der Waals surface area (Å²) in [5.41, 5.74) is 8.61. The molecule has 0 aliphatic rings. The van der Waals surface area contributed by atoms with Crippen molar-refractivity contribution >= 4 is 43.5 Å². The van der Waals surface area contributed by atoms with Crippen LogP contribution in [0, 0.1) is 0 Å². The molecule has 1 nitrogen and oxygen atoms in total. The third-order valence-corrected chi connectivity index (χ3v) is 8.77. The monoisotopic (exact) mass is 577 g/mol. The lowest BCUT2D eigenvalue weighted by molar-refractivity contribution is 0.670. The van der Waals surface area contributed by atoms with Crippen LogP contribution in [0.2, 0.25) is 0 Å². The largest absolute Gasteiger partial charge is 0.455 e. The molecule has 9 rings (SSSR count). The van der Waals surface area contributed by atoms with Crippen LogP contribution < -0.4 is 0 Å². The molecule has 45 heavy (non-hydrogen) atoms. The van der Waals surface area contributed by atoms with Crippen LogP contribution in [0.3, 0.4) is 0 Å². The van der Waals surface area contributed by atoms with E-state index >= 15 is 0 Å². The summed E-state index contributed by atoms with van der Waals surface area (Å²) < 4.78 is 48.2. The highest BCUT2D eigenvalue weighted by Crippen LogP contribution is 2.47. The van der Waals surface area contributed by atoms with Gasteiger partial charge in [-0.25, -0.2) is 0 Å². The molecule has 0 amide bonds. The maximum absolute atomic E-state index is 8.61. The molecule has 0 radical (unpaired) electrons. The Morgan fingerprint density at radius 1 is 0.378 bits per heavy atom. The molecule has 0 saturated heterocycles. The first kappa shape index (κ1) is 20.9. The normalized spacial score (nSPS) is 13.1. The van der Waals surface area contributed by atoms with E-state index in [-0.39, 0.29) is 29.7 Å². The molecule has 0 spiro atoms. The lowest BCUT2D eigenvalue weighted by Gasteiger charge is -2.19. The molecule has 1 heterocycles. The van der Waals surface area contributed by atoms with Gasteiger partial charge in [0.1, 0.15) is 11.2 Å². The van der Waals surface area contributed by atoms with Crippen LogP contribution in [-0.2, 0) is 0 Å². The molecule has 0 fully saturated rings. The Balaban J connectivity index is 1.31.